The summed E-state index contributed by atoms with van der Waals surface area (Å²) < 4.78 is 5.24. The van der Waals surface area contributed by atoms with Gasteiger partial charge in [0.25, 0.3) is 0 Å². The Kier molecular flexibility index (Phi) is 3.02. The number of hydrogen-bond donors (Lipinski definition) is 2. The average molecular weight is 299 g/mol. The molecule has 2 aromatic rings. The van der Waals surface area contributed by atoms with Crippen molar-refractivity contribution in [3.8, 4) is 5.75 Å². The Balaban J connectivity index is 1.54. The van der Waals surface area contributed by atoms with Gasteiger partial charge in [-0.05, 0) is 30.8 Å². The number of hydrogen-bond acceptors (Lipinski definition) is 6. The van der Waals surface area contributed by atoms with E-state index in [1.165, 1.54) is 0 Å². The summed E-state index contributed by atoms with van der Waals surface area (Å²) in [6.07, 6.45) is 3.36. The van der Waals surface area contributed by atoms with E-state index in [9.17, 15) is 10.0 Å². The van der Waals surface area contributed by atoms with Crippen LogP contribution in [0.15, 0.2) is 24.5 Å². The largest absolute Gasteiger partial charge is 0.497 e. The minimum absolute atomic E-state index is 0.0357. The van der Waals surface area contributed by atoms with Crippen LogP contribution in [0, 0.1) is 5.41 Å². The van der Waals surface area contributed by atoms with Gasteiger partial charge in [0.2, 0.25) is 0 Å². The van der Waals surface area contributed by atoms with Crippen molar-refractivity contribution in [2.24, 2.45) is 5.41 Å². The molecule has 2 N–H and O–H groups in total. The monoisotopic (exact) mass is 299 g/mol. The SMILES string of the molecule is COc1ccc2c(N3CC4(CC(B(O)O)C4)C3)ncnc2c1. The number of aromatic nitrogens is 2. The van der Waals surface area contributed by atoms with Crippen LogP contribution in [0.4, 0.5) is 5.82 Å². The zero-order chi connectivity index (χ0) is 15.3. The number of anilines is 1. The molecule has 1 aliphatic heterocycles. The molecule has 2 aliphatic rings. The maximum atomic E-state index is 9.21. The summed E-state index contributed by atoms with van der Waals surface area (Å²) >= 11 is 0. The Hall–Kier alpha value is -1.86. The van der Waals surface area contributed by atoms with Crippen molar-refractivity contribution in [3.05, 3.63) is 24.5 Å². The van der Waals surface area contributed by atoms with Gasteiger partial charge in [-0.1, -0.05) is 0 Å². The molecule has 0 bridgehead atoms. The smallest absolute Gasteiger partial charge is 0.454 e. The predicted molar refractivity (Wildman–Crippen MR) is 83.9 cm³/mol. The average Bonchev–Trinajstić information content (AvgIpc) is 2.43. The van der Waals surface area contributed by atoms with Crippen LogP contribution >= 0.6 is 0 Å². The molecular formula is C15H18BN3O3. The minimum atomic E-state index is -1.17. The van der Waals surface area contributed by atoms with Gasteiger partial charge in [0, 0.05) is 30.0 Å². The zero-order valence-corrected chi connectivity index (χ0v) is 12.4. The third-order valence-electron chi connectivity index (χ3n) is 4.99. The number of nitrogens with zero attached hydrogens (tertiary/aromatic N) is 3. The van der Waals surface area contributed by atoms with E-state index < -0.39 is 7.12 Å². The summed E-state index contributed by atoms with van der Waals surface area (Å²) in [5.41, 5.74) is 1.13. The quantitative estimate of drug-likeness (QED) is 0.826. The molecule has 0 amide bonds. The van der Waals surface area contributed by atoms with E-state index in [-0.39, 0.29) is 11.2 Å². The molecule has 0 unspecified atom stereocenters. The predicted octanol–water partition coefficient (Wildman–Crippen LogP) is 1.08. The van der Waals surface area contributed by atoms with Crippen LogP contribution < -0.4 is 9.64 Å². The van der Waals surface area contributed by atoms with Crippen molar-refractivity contribution in [2.75, 3.05) is 25.1 Å². The fourth-order valence-electron chi connectivity index (χ4n) is 3.84. The van der Waals surface area contributed by atoms with Gasteiger partial charge in [0.05, 0.1) is 12.6 Å². The molecule has 1 saturated carbocycles. The molecule has 1 aliphatic carbocycles. The first-order chi connectivity index (χ1) is 10.6. The van der Waals surface area contributed by atoms with E-state index in [0.29, 0.717) is 0 Å². The summed E-state index contributed by atoms with van der Waals surface area (Å²) in [6.45, 7) is 1.85. The maximum absolute atomic E-state index is 9.21. The molecule has 2 heterocycles. The third kappa shape index (κ3) is 2.04. The lowest BCUT2D eigenvalue weighted by Gasteiger charge is -2.59. The van der Waals surface area contributed by atoms with Crippen LogP contribution in [0.2, 0.25) is 5.82 Å². The van der Waals surface area contributed by atoms with E-state index >= 15 is 0 Å². The summed E-state index contributed by atoms with van der Waals surface area (Å²) in [4.78, 5) is 11.0. The molecule has 1 spiro atoms. The molecule has 0 atom stereocenters. The van der Waals surface area contributed by atoms with Gasteiger partial charge in [0.15, 0.2) is 0 Å². The topological polar surface area (TPSA) is 78.7 Å². The highest BCUT2D eigenvalue weighted by atomic mass is 16.5. The van der Waals surface area contributed by atoms with Crippen LogP contribution in [0.1, 0.15) is 12.8 Å². The molecule has 0 radical (unpaired) electrons. The van der Waals surface area contributed by atoms with Crippen LogP contribution in [-0.4, -0.2) is 47.3 Å². The van der Waals surface area contributed by atoms with Crippen LogP contribution in [0.5, 0.6) is 5.75 Å². The minimum Gasteiger partial charge on any atom is -0.497 e. The summed E-state index contributed by atoms with van der Waals surface area (Å²) in [7, 11) is 0.470. The highest BCUT2D eigenvalue weighted by Crippen LogP contribution is 2.56. The number of benzene rings is 1. The number of rotatable bonds is 3. The van der Waals surface area contributed by atoms with Crippen molar-refractivity contribution in [1.82, 2.24) is 9.97 Å². The first kappa shape index (κ1) is 13.8. The summed E-state index contributed by atoms with van der Waals surface area (Å²) in [5.74, 6) is 1.77. The molecule has 1 aromatic carbocycles. The van der Waals surface area contributed by atoms with Crippen molar-refractivity contribution in [1.29, 1.82) is 0 Å². The van der Waals surface area contributed by atoms with Gasteiger partial charge < -0.3 is 19.7 Å². The molecule has 6 nitrogen and oxygen atoms in total. The molecule has 7 heteroatoms. The highest BCUT2D eigenvalue weighted by molar-refractivity contribution is 6.43. The second kappa shape index (κ2) is 4.82. The Bertz CT molecular complexity index is 710. The summed E-state index contributed by atoms with van der Waals surface area (Å²) in [5, 5.41) is 19.4. The van der Waals surface area contributed by atoms with Gasteiger partial charge in [0.1, 0.15) is 17.9 Å². The molecular weight excluding hydrogens is 281 g/mol. The summed E-state index contributed by atoms with van der Waals surface area (Å²) in [6, 6.07) is 5.83. The number of methoxy groups -OCH3 is 1. The van der Waals surface area contributed by atoms with Gasteiger partial charge in [-0.25, -0.2) is 9.97 Å². The van der Waals surface area contributed by atoms with Gasteiger partial charge in [-0.15, -0.1) is 0 Å². The number of fused-ring (bicyclic) bond motifs is 1. The van der Waals surface area contributed by atoms with E-state index in [1.807, 2.05) is 18.2 Å². The molecule has 22 heavy (non-hydrogen) atoms. The van der Waals surface area contributed by atoms with Gasteiger partial charge in [-0.3, -0.25) is 0 Å². The standard InChI is InChI=1S/C15H18BN3O3/c1-22-11-2-3-12-13(4-11)17-9-18-14(12)19-7-15(8-19)5-10(6-15)16(20)21/h2-4,9-10,20-21H,5-8H2,1H3. The van der Waals surface area contributed by atoms with Crippen LogP contribution in [0.3, 0.4) is 0 Å². The lowest BCUT2D eigenvalue weighted by molar-refractivity contribution is 0.0755. The fourth-order valence-corrected chi connectivity index (χ4v) is 3.84. The molecule has 1 aromatic heterocycles. The second-order valence-electron chi connectivity index (χ2n) is 6.52. The highest BCUT2D eigenvalue weighted by Gasteiger charge is 2.55. The normalized spacial score (nSPS) is 19.9. The Morgan fingerprint density at radius 3 is 2.73 bits per heavy atom. The number of ether oxygens (including phenoxy) is 1. The van der Waals surface area contributed by atoms with Crippen molar-refractivity contribution in [3.63, 3.8) is 0 Å². The van der Waals surface area contributed by atoms with Gasteiger partial charge in [-0.2, -0.15) is 0 Å². The Labute approximate surface area is 128 Å². The third-order valence-corrected chi connectivity index (χ3v) is 4.99. The van der Waals surface area contributed by atoms with E-state index in [2.05, 4.69) is 14.9 Å². The Morgan fingerprint density at radius 2 is 2.05 bits per heavy atom. The zero-order valence-electron chi connectivity index (χ0n) is 12.4. The first-order valence-corrected chi connectivity index (χ1v) is 7.50. The maximum Gasteiger partial charge on any atom is 0.454 e. The van der Waals surface area contributed by atoms with E-state index in [4.69, 9.17) is 4.74 Å². The van der Waals surface area contributed by atoms with Crippen molar-refractivity contribution in [2.45, 2.75) is 18.7 Å². The Morgan fingerprint density at radius 1 is 1.27 bits per heavy atom. The van der Waals surface area contributed by atoms with Gasteiger partial charge >= 0.3 is 7.12 Å². The lowest BCUT2D eigenvalue weighted by atomic mass is 9.47. The molecule has 1 saturated heterocycles. The fraction of sp³-hybridized carbons (Fsp3) is 0.467. The van der Waals surface area contributed by atoms with Crippen LogP contribution in [-0.2, 0) is 0 Å². The molecule has 4 rings (SSSR count). The van der Waals surface area contributed by atoms with Crippen molar-refractivity contribution < 1.29 is 14.8 Å². The molecule has 114 valence electrons. The van der Waals surface area contributed by atoms with E-state index in [0.717, 1.165) is 48.4 Å². The second-order valence-corrected chi connectivity index (χ2v) is 6.52. The molecule has 2 fully saturated rings. The lowest BCUT2D eigenvalue weighted by Crippen LogP contribution is -2.63. The first-order valence-electron chi connectivity index (χ1n) is 7.50. The van der Waals surface area contributed by atoms with E-state index in [1.54, 1.807) is 13.4 Å². The van der Waals surface area contributed by atoms with Crippen molar-refractivity contribution >= 4 is 23.8 Å². The van der Waals surface area contributed by atoms with Crippen LogP contribution in [0.25, 0.3) is 10.9 Å².